The second-order valence-corrected chi connectivity index (χ2v) is 4.43. The van der Waals surface area contributed by atoms with E-state index in [-0.39, 0.29) is 6.42 Å². The molecule has 1 atom stereocenters. The number of esters is 1. The van der Waals surface area contributed by atoms with E-state index in [0.717, 1.165) is 0 Å². The molecule has 0 spiro atoms. The number of rotatable bonds is 7. The molecule has 0 aromatic heterocycles. The normalized spacial score (nSPS) is 15.1. The highest BCUT2D eigenvalue weighted by Gasteiger charge is 2.73. The maximum atomic E-state index is 12.8. The van der Waals surface area contributed by atoms with Crippen molar-refractivity contribution in [2.24, 2.45) is 5.92 Å². The zero-order chi connectivity index (χ0) is 16.2. The predicted molar refractivity (Wildman–Crippen MR) is 55.6 cm³/mol. The molecular weight excluding hydrogens is 297 g/mol. The van der Waals surface area contributed by atoms with Gasteiger partial charge in [0.25, 0.3) is 0 Å². The highest BCUT2D eigenvalue weighted by molar-refractivity contribution is 5.71. The molecule has 9 heteroatoms. The fraction of sp³-hybridized carbons (Fsp3) is 0.909. The van der Waals surface area contributed by atoms with Crippen LogP contribution in [0, 0.1) is 5.92 Å². The van der Waals surface area contributed by atoms with E-state index in [1.807, 2.05) is 0 Å². The van der Waals surface area contributed by atoms with E-state index >= 15 is 0 Å². The van der Waals surface area contributed by atoms with E-state index < -0.39 is 36.5 Å². The summed E-state index contributed by atoms with van der Waals surface area (Å²) in [5, 5.41) is 0. The van der Waals surface area contributed by atoms with Crippen molar-refractivity contribution in [3.8, 4) is 0 Å². The zero-order valence-electron chi connectivity index (χ0n) is 10.9. The van der Waals surface area contributed by atoms with Gasteiger partial charge < -0.3 is 4.74 Å². The lowest BCUT2D eigenvalue weighted by Crippen LogP contribution is -2.54. The van der Waals surface area contributed by atoms with Crippen molar-refractivity contribution < 1.29 is 40.3 Å². The molecule has 0 N–H and O–H groups in total. The lowest BCUT2D eigenvalue weighted by atomic mass is 10.1. The summed E-state index contributed by atoms with van der Waals surface area (Å²) in [4.78, 5) is 11.2. The molecule has 0 aliphatic carbocycles. The van der Waals surface area contributed by atoms with Crippen molar-refractivity contribution in [3.05, 3.63) is 0 Å². The van der Waals surface area contributed by atoms with Gasteiger partial charge in [0, 0.05) is 0 Å². The molecule has 0 aromatic carbocycles. The van der Waals surface area contributed by atoms with Crippen molar-refractivity contribution in [2.75, 3.05) is 6.61 Å². The van der Waals surface area contributed by atoms with Crippen LogP contribution in [0.5, 0.6) is 0 Å². The first-order valence-electron chi connectivity index (χ1n) is 5.85. The molecule has 0 aliphatic rings. The molecule has 0 fully saturated rings. The maximum Gasteiger partial charge on any atom is 0.460 e. The summed E-state index contributed by atoms with van der Waals surface area (Å²) in [6, 6.07) is 0. The van der Waals surface area contributed by atoms with E-state index in [2.05, 4.69) is 4.74 Å². The second-order valence-electron chi connectivity index (χ2n) is 4.43. The molecule has 0 saturated heterocycles. The van der Waals surface area contributed by atoms with E-state index in [0.29, 0.717) is 12.8 Å². The Morgan fingerprint density at radius 2 is 1.60 bits per heavy atom. The Hall–Kier alpha value is -1.02. The van der Waals surface area contributed by atoms with Gasteiger partial charge >= 0.3 is 24.0 Å². The van der Waals surface area contributed by atoms with Crippen LogP contribution in [0.1, 0.15) is 33.1 Å². The molecule has 0 aromatic rings. The van der Waals surface area contributed by atoms with E-state index in [9.17, 15) is 35.5 Å². The van der Waals surface area contributed by atoms with Crippen molar-refractivity contribution in [3.63, 3.8) is 0 Å². The minimum atomic E-state index is -6.42. The fourth-order valence-electron chi connectivity index (χ4n) is 1.23. The Morgan fingerprint density at radius 1 is 1.10 bits per heavy atom. The van der Waals surface area contributed by atoms with Crippen molar-refractivity contribution >= 4 is 5.97 Å². The number of hydrogen-bond donors (Lipinski definition) is 0. The van der Waals surface area contributed by atoms with Gasteiger partial charge in [-0.2, -0.15) is 30.7 Å². The van der Waals surface area contributed by atoms with Crippen molar-refractivity contribution in [1.29, 1.82) is 0 Å². The largest absolute Gasteiger partial charge is 0.460 e. The summed E-state index contributed by atoms with van der Waals surface area (Å²) >= 11 is 0. The second kappa shape index (κ2) is 6.62. The Balaban J connectivity index is 4.60. The van der Waals surface area contributed by atoms with Gasteiger partial charge in [0.2, 0.25) is 0 Å². The Bertz CT molecular complexity index is 325. The summed E-state index contributed by atoms with van der Waals surface area (Å²) in [6.07, 6.45) is -4.86. The van der Waals surface area contributed by atoms with Gasteiger partial charge in [-0.1, -0.05) is 26.7 Å². The van der Waals surface area contributed by atoms with Crippen molar-refractivity contribution in [1.82, 2.24) is 0 Å². The van der Waals surface area contributed by atoms with Gasteiger partial charge in [0.1, 0.15) is 0 Å². The van der Waals surface area contributed by atoms with Crippen LogP contribution >= 0.6 is 0 Å². The highest BCUT2D eigenvalue weighted by Crippen LogP contribution is 2.46. The summed E-state index contributed by atoms with van der Waals surface area (Å²) in [7, 11) is 0. The lowest BCUT2D eigenvalue weighted by molar-refractivity contribution is -0.360. The number of ether oxygens (including phenoxy) is 1. The first-order chi connectivity index (χ1) is 8.87. The molecule has 0 saturated carbocycles. The lowest BCUT2D eigenvalue weighted by Gasteiger charge is -2.28. The minimum absolute atomic E-state index is 0.274. The van der Waals surface area contributed by atoms with Gasteiger partial charge in [-0.05, 0) is 6.42 Å². The van der Waals surface area contributed by atoms with Crippen LogP contribution in [0.25, 0.3) is 0 Å². The first kappa shape index (κ1) is 19.0. The molecule has 0 amide bonds. The first-order valence-corrected chi connectivity index (χ1v) is 5.85. The van der Waals surface area contributed by atoms with Crippen LogP contribution in [0.3, 0.4) is 0 Å². The third kappa shape index (κ3) is 4.52. The van der Waals surface area contributed by atoms with Gasteiger partial charge in [0.05, 0.1) is 5.92 Å². The Morgan fingerprint density at radius 3 is 2.00 bits per heavy atom. The number of carbonyl (C=O) groups excluding carboxylic acids is 1. The number of halogens is 7. The fourth-order valence-corrected chi connectivity index (χ4v) is 1.23. The molecule has 120 valence electrons. The molecule has 0 bridgehead atoms. The predicted octanol–water partition coefficient (Wildman–Crippen LogP) is 4.19. The van der Waals surface area contributed by atoms with Crippen LogP contribution in [-0.2, 0) is 9.53 Å². The maximum absolute atomic E-state index is 12.8. The van der Waals surface area contributed by atoms with Crippen LogP contribution in [0.4, 0.5) is 30.7 Å². The third-order valence-corrected chi connectivity index (χ3v) is 2.60. The van der Waals surface area contributed by atoms with E-state index in [4.69, 9.17) is 0 Å². The van der Waals surface area contributed by atoms with Crippen LogP contribution in [0.2, 0.25) is 0 Å². The molecular formula is C11H15F7O2. The number of hydrogen-bond acceptors (Lipinski definition) is 2. The van der Waals surface area contributed by atoms with E-state index in [1.54, 1.807) is 6.92 Å². The third-order valence-electron chi connectivity index (χ3n) is 2.60. The summed E-state index contributed by atoms with van der Waals surface area (Å²) in [5.74, 6) is -13.8. The monoisotopic (exact) mass is 312 g/mol. The zero-order valence-corrected chi connectivity index (χ0v) is 10.9. The standard InChI is InChI=1S/C11H15F7O2/c1-3-4-5-7(2)8(19)20-6-9(12,13)10(14,15)11(16,17)18/h7H,3-6H2,1-2H3. The van der Waals surface area contributed by atoms with Crippen molar-refractivity contribution in [2.45, 2.75) is 51.1 Å². The SMILES string of the molecule is CCCCC(C)C(=O)OCC(F)(F)C(F)(F)C(F)(F)F. The Kier molecular flexibility index (Phi) is 6.28. The van der Waals surface area contributed by atoms with Crippen LogP contribution in [-0.4, -0.2) is 30.6 Å². The Labute approximate surface area is 111 Å². The summed E-state index contributed by atoms with van der Waals surface area (Å²) in [5.41, 5.74) is 0. The molecule has 0 aliphatic heterocycles. The summed E-state index contributed by atoms with van der Waals surface area (Å²) < 4.78 is 89.9. The summed E-state index contributed by atoms with van der Waals surface area (Å²) in [6.45, 7) is 0.808. The molecule has 2 nitrogen and oxygen atoms in total. The number of carbonyl (C=O) groups is 1. The molecule has 20 heavy (non-hydrogen) atoms. The average Bonchev–Trinajstić information content (AvgIpc) is 2.31. The van der Waals surface area contributed by atoms with Crippen LogP contribution in [0.15, 0.2) is 0 Å². The van der Waals surface area contributed by atoms with Gasteiger partial charge in [-0.25, -0.2) is 0 Å². The molecule has 0 heterocycles. The quantitative estimate of drug-likeness (QED) is 0.520. The average molecular weight is 312 g/mol. The van der Waals surface area contributed by atoms with Crippen LogP contribution < -0.4 is 0 Å². The number of unbranched alkanes of at least 4 members (excludes halogenated alkanes) is 1. The molecule has 1 unspecified atom stereocenters. The van der Waals surface area contributed by atoms with Gasteiger partial charge in [0.15, 0.2) is 6.61 Å². The topological polar surface area (TPSA) is 26.3 Å². The molecule has 0 radical (unpaired) electrons. The highest BCUT2D eigenvalue weighted by atomic mass is 19.4. The van der Waals surface area contributed by atoms with E-state index in [1.165, 1.54) is 6.92 Å². The smallest absolute Gasteiger partial charge is 0.459 e. The van der Waals surface area contributed by atoms with Gasteiger partial charge in [-0.3, -0.25) is 4.79 Å². The minimum Gasteiger partial charge on any atom is -0.459 e. The van der Waals surface area contributed by atoms with Gasteiger partial charge in [-0.15, -0.1) is 0 Å². The molecule has 0 rings (SSSR count). The number of alkyl halides is 7.